The van der Waals surface area contributed by atoms with Gasteiger partial charge >= 0.3 is 5.65 Å². The molecule has 0 aliphatic carbocycles. The van der Waals surface area contributed by atoms with Crippen LogP contribution >= 0.6 is 7.37 Å². The number of hydrogen-bond acceptors (Lipinski definition) is 2. The van der Waals surface area contributed by atoms with Gasteiger partial charge in [-0.1, -0.05) is 0 Å². The molecule has 0 radical (unpaired) electrons. The lowest BCUT2D eigenvalue weighted by molar-refractivity contribution is 0.262. The topological polar surface area (TPSA) is 80.4 Å². The maximum Gasteiger partial charge on any atom is 0.302 e. The van der Waals surface area contributed by atoms with Crippen molar-refractivity contribution < 1.29 is 14.3 Å². The molecule has 1 atom stereocenters. The zero-order chi connectivity index (χ0) is 6.08. The number of hydrogen-bond donors (Lipinski definition) is 2. The third kappa shape index (κ3) is 2.37. The molecular formula is C2H6NO3P. The molecule has 0 bridgehead atoms. The van der Waals surface area contributed by atoms with Crippen molar-refractivity contribution in [2.45, 2.75) is 0 Å². The summed E-state index contributed by atoms with van der Waals surface area (Å²) in [6.45, 7) is 0.898. The molecule has 0 aromatic carbocycles. The summed E-state index contributed by atoms with van der Waals surface area (Å²) in [4.78, 5) is 17.9. The summed E-state index contributed by atoms with van der Waals surface area (Å²) in [5, 5.41) is 0. The van der Waals surface area contributed by atoms with Crippen LogP contribution in [0.15, 0.2) is 0 Å². The predicted octanol–water partition coefficient (Wildman–Crippen LogP) is -0.0347. The average molecular weight is 123 g/mol. The molecule has 0 saturated carbocycles. The second-order valence-electron chi connectivity index (χ2n) is 1.22. The van der Waals surface area contributed by atoms with E-state index in [0.29, 0.717) is 0 Å². The van der Waals surface area contributed by atoms with E-state index < -0.39 is 13.0 Å². The van der Waals surface area contributed by atoms with Crippen molar-refractivity contribution in [3.05, 3.63) is 0 Å². The highest BCUT2D eigenvalue weighted by Gasteiger charge is 2.16. The van der Waals surface area contributed by atoms with Gasteiger partial charge in [-0.3, -0.25) is 9.36 Å². The molecule has 0 aliphatic rings. The van der Waals surface area contributed by atoms with Crippen LogP contribution in [0, 0.1) is 0 Å². The SMILES string of the molecule is CP(=O)(O)C(N)=O. The third-order valence-electron chi connectivity index (χ3n) is 0.409. The second kappa shape index (κ2) is 1.64. The first-order valence-corrected chi connectivity index (χ1v) is 3.65. The van der Waals surface area contributed by atoms with E-state index >= 15 is 0 Å². The Morgan fingerprint density at radius 2 is 2.00 bits per heavy atom. The van der Waals surface area contributed by atoms with Gasteiger partial charge in [-0.15, -0.1) is 0 Å². The Morgan fingerprint density at radius 3 is 2.00 bits per heavy atom. The molecule has 0 spiro atoms. The quantitative estimate of drug-likeness (QED) is 0.480. The molecule has 0 aromatic rings. The van der Waals surface area contributed by atoms with Crippen LogP contribution in [0.1, 0.15) is 0 Å². The maximum absolute atomic E-state index is 10.00. The molecule has 4 nitrogen and oxygen atoms in total. The van der Waals surface area contributed by atoms with E-state index in [1.54, 1.807) is 0 Å². The number of carbonyl (C=O) groups excluding carboxylic acids is 1. The molecule has 5 heteroatoms. The van der Waals surface area contributed by atoms with Gasteiger partial charge in [-0.2, -0.15) is 0 Å². The predicted molar refractivity (Wildman–Crippen MR) is 25.3 cm³/mol. The normalized spacial score (nSPS) is 18.0. The lowest BCUT2D eigenvalue weighted by atomic mass is 11.5. The number of carbonyl (C=O) groups is 1. The first-order chi connectivity index (χ1) is 2.94. The smallest absolute Gasteiger partial charge is 0.302 e. The molecule has 0 rings (SSSR count). The van der Waals surface area contributed by atoms with Crippen LogP contribution < -0.4 is 5.73 Å². The Balaban J connectivity index is 4.09. The molecule has 1 amide bonds. The van der Waals surface area contributed by atoms with E-state index in [2.05, 4.69) is 5.73 Å². The number of amides is 1. The number of nitrogens with two attached hydrogens (primary N) is 1. The summed E-state index contributed by atoms with van der Waals surface area (Å²) in [7, 11) is -3.60. The van der Waals surface area contributed by atoms with Crippen molar-refractivity contribution in [1.29, 1.82) is 0 Å². The van der Waals surface area contributed by atoms with Crippen molar-refractivity contribution in [2.75, 3.05) is 6.66 Å². The van der Waals surface area contributed by atoms with Crippen LogP contribution in [0.25, 0.3) is 0 Å². The highest BCUT2D eigenvalue weighted by molar-refractivity contribution is 7.74. The molecule has 42 valence electrons. The average Bonchev–Trinajstić information content (AvgIpc) is 1.31. The molecule has 1 unspecified atom stereocenters. The fraction of sp³-hybridized carbons (Fsp3) is 0.500. The largest absolute Gasteiger partial charge is 0.361 e. The van der Waals surface area contributed by atoms with Crippen LogP contribution in [0.5, 0.6) is 0 Å². The van der Waals surface area contributed by atoms with Gasteiger partial charge in [0.05, 0.1) is 0 Å². The third-order valence-corrected chi connectivity index (χ3v) is 1.23. The Kier molecular flexibility index (Phi) is 1.56. The Bertz CT molecular complexity index is 125. The second-order valence-corrected chi connectivity index (χ2v) is 3.42. The summed E-state index contributed by atoms with van der Waals surface area (Å²) < 4.78 is 10.00. The Morgan fingerprint density at radius 1 is 1.86 bits per heavy atom. The van der Waals surface area contributed by atoms with Gasteiger partial charge in [0.15, 0.2) is 0 Å². The molecule has 0 saturated heterocycles. The van der Waals surface area contributed by atoms with Crippen molar-refractivity contribution in [2.24, 2.45) is 5.73 Å². The molecule has 0 aromatic heterocycles. The number of rotatable bonds is 1. The van der Waals surface area contributed by atoms with E-state index in [-0.39, 0.29) is 0 Å². The maximum atomic E-state index is 10.00. The van der Waals surface area contributed by atoms with Crippen LogP contribution in [0.2, 0.25) is 0 Å². The van der Waals surface area contributed by atoms with Crippen LogP contribution in [0.4, 0.5) is 4.79 Å². The van der Waals surface area contributed by atoms with Crippen molar-refractivity contribution >= 4 is 13.0 Å². The highest BCUT2D eigenvalue weighted by Crippen LogP contribution is 2.33. The molecule has 0 heterocycles. The zero-order valence-corrected chi connectivity index (χ0v) is 4.68. The summed E-state index contributed by atoms with van der Waals surface area (Å²) in [6.07, 6.45) is 0. The van der Waals surface area contributed by atoms with Crippen LogP contribution in [-0.2, 0) is 4.57 Å². The molecule has 0 aliphatic heterocycles. The fourth-order valence-corrected chi connectivity index (χ4v) is 0. The fourth-order valence-electron chi connectivity index (χ4n) is 0. The first-order valence-electron chi connectivity index (χ1n) is 1.55. The van der Waals surface area contributed by atoms with Gasteiger partial charge in [-0.25, -0.2) is 0 Å². The van der Waals surface area contributed by atoms with E-state index in [1.807, 2.05) is 0 Å². The van der Waals surface area contributed by atoms with E-state index in [9.17, 15) is 9.36 Å². The minimum Gasteiger partial charge on any atom is -0.361 e. The Hall–Kier alpha value is -0.340. The van der Waals surface area contributed by atoms with Crippen LogP contribution in [-0.4, -0.2) is 17.2 Å². The van der Waals surface area contributed by atoms with Crippen molar-refractivity contribution in [1.82, 2.24) is 0 Å². The van der Waals surface area contributed by atoms with Gasteiger partial charge in [0, 0.05) is 6.66 Å². The van der Waals surface area contributed by atoms with Gasteiger partial charge < -0.3 is 10.6 Å². The summed E-state index contributed by atoms with van der Waals surface area (Å²) in [5.41, 5.74) is 3.27. The first kappa shape index (κ1) is 6.66. The van der Waals surface area contributed by atoms with Crippen molar-refractivity contribution in [3.8, 4) is 0 Å². The van der Waals surface area contributed by atoms with Gasteiger partial charge in [0.2, 0.25) is 0 Å². The van der Waals surface area contributed by atoms with E-state index in [4.69, 9.17) is 4.89 Å². The lowest BCUT2D eigenvalue weighted by Crippen LogP contribution is -2.07. The lowest BCUT2D eigenvalue weighted by Gasteiger charge is -1.93. The molecule has 7 heavy (non-hydrogen) atoms. The van der Waals surface area contributed by atoms with Gasteiger partial charge in [-0.05, 0) is 0 Å². The summed E-state index contributed by atoms with van der Waals surface area (Å²) in [5.74, 6) is 0. The van der Waals surface area contributed by atoms with Crippen LogP contribution in [0.3, 0.4) is 0 Å². The van der Waals surface area contributed by atoms with Crippen molar-refractivity contribution in [3.63, 3.8) is 0 Å². The molecular weight excluding hydrogens is 117 g/mol. The van der Waals surface area contributed by atoms with Gasteiger partial charge in [0.1, 0.15) is 0 Å². The highest BCUT2D eigenvalue weighted by atomic mass is 31.2. The minimum atomic E-state index is -3.60. The van der Waals surface area contributed by atoms with E-state index in [0.717, 1.165) is 6.66 Å². The van der Waals surface area contributed by atoms with Gasteiger partial charge in [0.25, 0.3) is 7.37 Å². The summed E-state index contributed by atoms with van der Waals surface area (Å²) >= 11 is 0. The molecule has 0 fully saturated rings. The monoisotopic (exact) mass is 123 g/mol. The standard InChI is InChI=1S/C2H6NO3P/c1-7(5,6)2(3)4/h1H3,(H2,3,4)(H,5,6). The van der Waals surface area contributed by atoms with E-state index in [1.165, 1.54) is 0 Å². The Labute approximate surface area is 40.8 Å². The number of primary amides is 1. The molecule has 3 N–H and O–H groups in total. The minimum absolute atomic E-state index is 0.898. The summed E-state index contributed by atoms with van der Waals surface area (Å²) in [6, 6.07) is 0. The zero-order valence-electron chi connectivity index (χ0n) is 3.79.